The summed E-state index contributed by atoms with van der Waals surface area (Å²) in [5.74, 6) is 0.720. The molecule has 150 valence electrons. The van der Waals surface area contributed by atoms with E-state index >= 15 is 0 Å². The van der Waals surface area contributed by atoms with Crippen LogP contribution in [-0.2, 0) is 0 Å². The van der Waals surface area contributed by atoms with Crippen LogP contribution in [-0.4, -0.2) is 27.7 Å². The van der Waals surface area contributed by atoms with Crippen molar-refractivity contribution in [3.63, 3.8) is 0 Å². The Labute approximate surface area is 181 Å². The molecule has 3 heterocycles. The number of hydrogen-bond acceptors (Lipinski definition) is 3. The quantitative estimate of drug-likeness (QED) is 0.719. The summed E-state index contributed by atoms with van der Waals surface area (Å²) in [6.45, 7) is 10.3. The van der Waals surface area contributed by atoms with E-state index in [1.807, 2.05) is 25.3 Å². The van der Waals surface area contributed by atoms with Crippen LogP contribution in [0.4, 0.5) is 0 Å². The Morgan fingerprint density at radius 2 is 2.17 bits per heavy atom. The molecule has 2 aromatic rings. The monoisotopic (exact) mass is 426 g/mol. The Morgan fingerprint density at radius 3 is 2.97 bits per heavy atom. The van der Waals surface area contributed by atoms with Gasteiger partial charge in [-0.3, -0.25) is 0 Å². The summed E-state index contributed by atoms with van der Waals surface area (Å²) in [4.78, 5) is 4.22. The fourth-order valence-corrected chi connectivity index (χ4v) is 4.62. The van der Waals surface area contributed by atoms with Crippen molar-refractivity contribution in [2.75, 3.05) is 13.1 Å². The number of halogens is 2. The molecule has 0 bridgehead atoms. The molecule has 3 atom stereocenters. The minimum absolute atomic E-state index is 0.174. The van der Waals surface area contributed by atoms with Gasteiger partial charge in [0.15, 0.2) is 5.65 Å². The SMILES string of the molecule is C=C1/C(=C\C(=C/C)c2ccc3ncnn3c2)CNCC1C1C=CC(Cl)=C(Cl)C1C. The summed E-state index contributed by atoms with van der Waals surface area (Å²) in [5.41, 5.74) is 5.44. The molecule has 4 nitrogen and oxygen atoms in total. The van der Waals surface area contributed by atoms with Crippen LogP contribution in [0.5, 0.6) is 0 Å². The molecule has 1 aliphatic carbocycles. The van der Waals surface area contributed by atoms with Crippen LogP contribution < -0.4 is 5.32 Å². The predicted molar refractivity (Wildman–Crippen MR) is 121 cm³/mol. The molecule has 4 rings (SSSR count). The molecule has 1 saturated heterocycles. The topological polar surface area (TPSA) is 42.2 Å². The third-order valence-electron chi connectivity index (χ3n) is 5.92. The molecule has 0 radical (unpaired) electrons. The fourth-order valence-electron chi connectivity index (χ4n) is 4.17. The predicted octanol–water partition coefficient (Wildman–Crippen LogP) is 5.35. The van der Waals surface area contributed by atoms with Crippen LogP contribution in [0.2, 0.25) is 0 Å². The van der Waals surface area contributed by atoms with Crippen molar-refractivity contribution in [2.24, 2.45) is 17.8 Å². The molecular weight excluding hydrogens is 403 g/mol. The van der Waals surface area contributed by atoms with Gasteiger partial charge >= 0.3 is 0 Å². The molecule has 0 spiro atoms. The van der Waals surface area contributed by atoms with Gasteiger partial charge in [0, 0.05) is 36.2 Å². The third-order valence-corrected chi connectivity index (χ3v) is 6.90. The molecule has 3 unspecified atom stereocenters. The molecule has 6 heteroatoms. The van der Waals surface area contributed by atoms with Crippen molar-refractivity contribution >= 4 is 34.4 Å². The van der Waals surface area contributed by atoms with Gasteiger partial charge in [-0.1, -0.05) is 48.9 Å². The van der Waals surface area contributed by atoms with E-state index in [1.54, 1.807) is 10.8 Å². The zero-order chi connectivity index (χ0) is 20.5. The zero-order valence-corrected chi connectivity index (χ0v) is 18.1. The van der Waals surface area contributed by atoms with E-state index in [1.165, 1.54) is 5.57 Å². The second-order valence-corrected chi connectivity index (χ2v) is 8.39. The molecule has 1 aliphatic heterocycles. The van der Waals surface area contributed by atoms with Gasteiger partial charge in [0.05, 0.1) is 5.03 Å². The first-order chi connectivity index (χ1) is 14.0. The van der Waals surface area contributed by atoms with Gasteiger partial charge in [-0.15, -0.1) is 0 Å². The van der Waals surface area contributed by atoms with Crippen molar-refractivity contribution in [1.82, 2.24) is 19.9 Å². The first-order valence-electron chi connectivity index (χ1n) is 9.79. The number of piperidine rings is 1. The second kappa shape index (κ2) is 8.31. The highest BCUT2D eigenvalue weighted by molar-refractivity contribution is 6.40. The van der Waals surface area contributed by atoms with Crippen molar-refractivity contribution in [3.05, 3.63) is 82.3 Å². The van der Waals surface area contributed by atoms with Gasteiger partial charge < -0.3 is 5.32 Å². The number of nitrogens with one attached hydrogen (secondary N) is 1. The highest BCUT2D eigenvalue weighted by atomic mass is 35.5. The Bertz CT molecular complexity index is 1070. The van der Waals surface area contributed by atoms with Crippen LogP contribution in [0.3, 0.4) is 0 Å². The van der Waals surface area contributed by atoms with Crippen LogP contribution >= 0.6 is 23.2 Å². The number of allylic oxidation sites excluding steroid dienone is 7. The average Bonchev–Trinajstić information content (AvgIpc) is 3.20. The molecule has 2 aliphatic rings. The number of aromatic nitrogens is 3. The van der Waals surface area contributed by atoms with Crippen molar-refractivity contribution < 1.29 is 0 Å². The van der Waals surface area contributed by atoms with Gasteiger partial charge in [-0.25, -0.2) is 9.50 Å². The lowest BCUT2D eigenvalue weighted by Gasteiger charge is -2.37. The van der Waals surface area contributed by atoms with Gasteiger partial charge in [-0.05, 0) is 59.4 Å². The number of pyridine rings is 1. The standard InChI is InChI=1S/C23H24Cl2N4/c1-4-16(17-5-8-22-27-13-28-29(22)12-17)9-18-10-26-11-20(14(18)2)19-6-7-21(24)23(25)15(19)3/h4-9,12-13,15,19-20,26H,2,10-11H2,1,3H3/b16-4+,18-9-. The average molecular weight is 427 g/mol. The minimum atomic E-state index is 0.174. The van der Waals surface area contributed by atoms with Crippen LogP contribution in [0, 0.1) is 17.8 Å². The highest BCUT2D eigenvalue weighted by Crippen LogP contribution is 2.42. The minimum Gasteiger partial charge on any atom is -0.312 e. The maximum absolute atomic E-state index is 6.45. The summed E-state index contributed by atoms with van der Waals surface area (Å²) >= 11 is 12.7. The van der Waals surface area contributed by atoms with Crippen molar-refractivity contribution in [1.29, 1.82) is 0 Å². The lowest BCUT2D eigenvalue weighted by molar-refractivity contribution is 0.345. The van der Waals surface area contributed by atoms with E-state index in [0.29, 0.717) is 5.03 Å². The van der Waals surface area contributed by atoms with E-state index in [0.717, 1.165) is 40.5 Å². The summed E-state index contributed by atoms with van der Waals surface area (Å²) in [7, 11) is 0. The molecule has 0 amide bonds. The normalized spacial score (nSPS) is 27.3. The Kier molecular flexibility index (Phi) is 5.77. The summed E-state index contributed by atoms with van der Waals surface area (Å²) in [6.07, 6.45) is 12.0. The fraction of sp³-hybridized carbons (Fsp3) is 0.304. The maximum Gasteiger partial charge on any atom is 0.155 e. The van der Waals surface area contributed by atoms with Gasteiger partial charge in [-0.2, -0.15) is 5.10 Å². The molecule has 0 aromatic carbocycles. The molecule has 0 saturated carbocycles. The third kappa shape index (κ3) is 3.85. The Balaban J connectivity index is 1.61. The van der Waals surface area contributed by atoms with Gasteiger partial charge in [0.1, 0.15) is 6.33 Å². The molecule has 1 fully saturated rings. The Hall–Kier alpha value is -2.14. The highest BCUT2D eigenvalue weighted by Gasteiger charge is 2.34. The van der Waals surface area contributed by atoms with Crippen LogP contribution in [0.15, 0.2) is 76.8 Å². The van der Waals surface area contributed by atoms with Crippen molar-refractivity contribution in [3.8, 4) is 0 Å². The van der Waals surface area contributed by atoms with Crippen molar-refractivity contribution in [2.45, 2.75) is 13.8 Å². The van der Waals surface area contributed by atoms with E-state index in [4.69, 9.17) is 23.2 Å². The van der Waals surface area contributed by atoms with Crippen LogP contribution in [0.25, 0.3) is 11.2 Å². The molecule has 2 aromatic heterocycles. The molecule has 1 N–H and O–H groups in total. The zero-order valence-electron chi connectivity index (χ0n) is 16.6. The maximum atomic E-state index is 6.45. The smallest absolute Gasteiger partial charge is 0.155 e. The van der Waals surface area contributed by atoms with E-state index < -0.39 is 0 Å². The lowest BCUT2D eigenvalue weighted by atomic mass is 9.73. The van der Waals surface area contributed by atoms with E-state index in [9.17, 15) is 0 Å². The lowest BCUT2D eigenvalue weighted by Crippen LogP contribution is -2.39. The summed E-state index contributed by atoms with van der Waals surface area (Å²) in [5, 5.41) is 9.17. The largest absolute Gasteiger partial charge is 0.312 e. The number of hydrogen-bond donors (Lipinski definition) is 1. The summed E-state index contributed by atoms with van der Waals surface area (Å²) < 4.78 is 1.79. The van der Waals surface area contributed by atoms with Gasteiger partial charge in [0.2, 0.25) is 0 Å². The number of rotatable bonds is 3. The van der Waals surface area contributed by atoms with E-state index in [-0.39, 0.29) is 17.8 Å². The number of fused-ring (bicyclic) bond motifs is 1. The Morgan fingerprint density at radius 1 is 1.34 bits per heavy atom. The summed E-state index contributed by atoms with van der Waals surface area (Å²) in [6, 6.07) is 4.05. The van der Waals surface area contributed by atoms with E-state index in [2.05, 4.69) is 53.2 Å². The number of nitrogens with zero attached hydrogens (tertiary/aromatic N) is 3. The first-order valence-corrected chi connectivity index (χ1v) is 10.5. The molecular formula is C23H24Cl2N4. The molecule has 29 heavy (non-hydrogen) atoms. The first kappa shape index (κ1) is 20.1. The van der Waals surface area contributed by atoms with Gasteiger partial charge in [0.25, 0.3) is 0 Å². The second-order valence-electron chi connectivity index (χ2n) is 7.58. The van der Waals surface area contributed by atoms with Crippen LogP contribution in [0.1, 0.15) is 19.4 Å².